The average molecular weight is 600 g/mol. The van der Waals surface area contributed by atoms with Gasteiger partial charge >= 0.3 is 0 Å². The summed E-state index contributed by atoms with van der Waals surface area (Å²) >= 11 is 1.40. The van der Waals surface area contributed by atoms with Crippen LogP contribution in [0, 0.1) is 23.1 Å². The fourth-order valence-electron chi connectivity index (χ4n) is 5.66. The zero-order valence-corrected chi connectivity index (χ0v) is 23.9. The van der Waals surface area contributed by atoms with Crippen molar-refractivity contribution < 1.29 is 22.7 Å². The largest absolute Gasteiger partial charge is 0.368 e. The molecule has 216 valence electrons. The molecular formula is C29H31F2N5O3S2. The van der Waals surface area contributed by atoms with Gasteiger partial charge in [-0.3, -0.25) is 18.9 Å². The van der Waals surface area contributed by atoms with Crippen LogP contribution in [0.15, 0.2) is 42.6 Å². The summed E-state index contributed by atoms with van der Waals surface area (Å²) in [6.45, 7) is 1.11. The second kappa shape index (κ2) is 10.9. The van der Waals surface area contributed by atoms with E-state index in [1.165, 1.54) is 17.4 Å². The summed E-state index contributed by atoms with van der Waals surface area (Å²) in [6.07, 6.45) is 2.02. The Morgan fingerprint density at radius 3 is 2.51 bits per heavy atom. The number of aromatic nitrogens is 2. The molecule has 2 aliphatic carbocycles. The number of nitrogens with zero attached hydrogens (tertiary/aromatic N) is 4. The molecule has 8 nitrogen and oxygen atoms in total. The monoisotopic (exact) mass is 599 g/mol. The van der Waals surface area contributed by atoms with Crippen LogP contribution in [0.4, 0.5) is 14.5 Å². The topological polar surface area (TPSA) is 122 Å². The lowest BCUT2D eigenvalue weighted by atomic mass is 9.75. The lowest BCUT2D eigenvalue weighted by Crippen LogP contribution is -2.44. The van der Waals surface area contributed by atoms with Crippen molar-refractivity contribution in [3.8, 4) is 27.2 Å². The molecule has 0 radical (unpaired) electrons. The summed E-state index contributed by atoms with van der Waals surface area (Å²) in [5.74, 6) is -1.12. The highest BCUT2D eigenvalue weighted by atomic mass is 32.3. The molecule has 2 saturated carbocycles. The Balaban J connectivity index is 1.35. The number of halogens is 2. The van der Waals surface area contributed by atoms with Crippen LogP contribution in [-0.4, -0.2) is 61.3 Å². The molecule has 3 aliphatic rings. The van der Waals surface area contributed by atoms with E-state index in [0.717, 1.165) is 22.3 Å². The Labute approximate surface area is 242 Å². The lowest BCUT2D eigenvalue weighted by Gasteiger charge is -2.41. The summed E-state index contributed by atoms with van der Waals surface area (Å²) in [4.78, 5) is 25.5. The molecule has 12 heteroatoms. The number of hydrogen-bond donors (Lipinski definition) is 3. The maximum absolute atomic E-state index is 14.7. The van der Waals surface area contributed by atoms with E-state index in [1.807, 2.05) is 24.3 Å². The highest BCUT2D eigenvalue weighted by Gasteiger charge is 2.48. The highest BCUT2D eigenvalue weighted by molar-refractivity contribution is 8.24. The van der Waals surface area contributed by atoms with Crippen LogP contribution in [0.3, 0.4) is 0 Å². The lowest BCUT2D eigenvalue weighted by molar-refractivity contribution is -0.128. The van der Waals surface area contributed by atoms with Crippen LogP contribution >= 0.6 is 21.9 Å². The molecule has 0 spiro atoms. The number of nitrogens with one attached hydrogen (secondary N) is 1. The van der Waals surface area contributed by atoms with E-state index in [0.29, 0.717) is 66.7 Å². The van der Waals surface area contributed by atoms with Gasteiger partial charge in [0.05, 0.1) is 40.0 Å². The maximum Gasteiger partial charge on any atom is 0.225 e. The number of thiazole rings is 1. The van der Waals surface area contributed by atoms with Crippen molar-refractivity contribution in [2.75, 3.05) is 29.5 Å². The van der Waals surface area contributed by atoms with Gasteiger partial charge in [0.1, 0.15) is 22.5 Å². The van der Waals surface area contributed by atoms with Crippen molar-refractivity contribution >= 4 is 33.5 Å². The summed E-state index contributed by atoms with van der Waals surface area (Å²) < 4.78 is 48.2. The quantitative estimate of drug-likeness (QED) is 0.319. The van der Waals surface area contributed by atoms with Gasteiger partial charge in [-0.05, 0) is 61.9 Å². The molecule has 1 saturated heterocycles. The summed E-state index contributed by atoms with van der Waals surface area (Å²) in [5, 5.41) is 13.0. The fraction of sp³-hybridized carbons (Fsp3) is 0.448. The van der Waals surface area contributed by atoms with Gasteiger partial charge in [-0.15, -0.1) is 11.3 Å². The molecule has 1 aliphatic heterocycles. The molecule has 0 unspecified atom stereocenters. The minimum atomic E-state index is -2.50. The third-order valence-electron chi connectivity index (χ3n) is 8.27. The van der Waals surface area contributed by atoms with Crippen LogP contribution in [0.5, 0.6) is 0 Å². The standard InChI is InChI=1S/C29H31F2N5O3S2/c30-19-3-7-22(23(15-19)27(37)35-29(17-32)9-10-29)25-26(40-28(34-25)24-8-4-20(31)16-33-24)18-1-5-21(6-2-18)36-11-13-41(38,39)14-12-36/h1-2,4-6,8,16,19,22-23,38-39H,3,7,9-15H2,(H,35,37)/t19-,22+,23+/m0/s1. The molecule has 6 rings (SSSR count). The number of hydrogen-bond acceptors (Lipinski definition) is 8. The molecule has 3 fully saturated rings. The summed E-state index contributed by atoms with van der Waals surface area (Å²) in [6, 6.07) is 13.0. The first-order chi connectivity index (χ1) is 19.7. The highest BCUT2D eigenvalue weighted by Crippen LogP contribution is 2.47. The second-order valence-corrected chi connectivity index (χ2v) is 14.6. The molecule has 0 bridgehead atoms. The first-order valence-corrected chi connectivity index (χ1v) is 16.4. The van der Waals surface area contributed by atoms with Crippen molar-refractivity contribution in [2.24, 2.45) is 5.92 Å². The van der Waals surface area contributed by atoms with Gasteiger partial charge in [0.2, 0.25) is 5.91 Å². The van der Waals surface area contributed by atoms with E-state index < -0.39 is 34.0 Å². The predicted molar refractivity (Wildman–Crippen MR) is 156 cm³/mol. The number of rotatable bonds is 6. The third-order valence-corrected chi connectivity index (χ3v) is 11.1. The molecule has 3 heterocycles. The molecule has 3 aromatic rings. The first-order valence-electron chi connectivity index (χ1n) is 13.7. The van der Waals surface area contributed by atoms with E-state index in [2.05, 4.69) is 21.3 Å². The van der Waals surface area contributed by atoms with Crippen LogP contribution in [0.1, 0.15) is 43.7 Å². The Morgan fingerprint density at radius 2 is 1.88 bits per heavy atom. The smallest absolute Gasteiger partial charge is 0.225 e. The van der Waals surface area contributed by atoms with E-state index in [-0.39, 0.29) is 18.2 Å². The van der Waals surface area contributed by atoms with Crippen LogP contribution in [-0.2, 0) is 4.79 Å². The van der Waals surface area contributed by atoms with Crippen molar-refractivity contribution in [1.29, 1.82) is 5.26 Å². The number of amides is 1. The molecular weight excluding hydrogens is 568 g/mol. The van der Waals surface area contributed by atoms with Gasteiger partial charge in [-0.2, -0.15) is 15.9 Å². The van der Waals surface area contributed by atoms with Crippen molar-refractivity contribution in [1.82, 2.24) is 15.3 Å². The fourth-order valence-corrected chi connectivity index (χ4v) is 8.01. The van der Waals surface area contributed by atoms with Gasteiger partial charge < -0.3 is 10.2 Å². The Hall–Kier alpha value is -3.11. The molecule has 2 aromatic heterocycles. The Kier molecular flexibility index (Phi) is 7.48. The van der Waals surface area contributed by atoms with Crippen LogP contribution in [0.2, 0.25) is 0 Å². The van der Waals surface area contributed by atoms with Crippen molar-refractivity contribution in [3.05, 3.63) is 54.1 Å². The number of anilines is 1. The van der Waals surface area contributed by atoms with Gasteiger partial charge in [0.15, 0.2) is 0 Å². The molecule has 1 aromatic carbocycles. The van der Waals surface area contributed by atoms with E-state index in [1.54, 1.807) is 6.07 Å². The molecule has 41 heavy (non-hydrogen) atoms. The zero-order chi connectivity index (χ0) is 28.8. The average Bonchev–Trinajstić information content (AvgIpc) is 3.60. The van der Waals surface area contributed by atoms with Crippen LogP contribution < -0.4 is 10.2 Å². The van der Waals surface area contributed by atoms with Crippen molar-refractivity contribution in [3.63, 3.8) is 0 Å². The number of alkyl halides is 1. The van der Waals surface area contributed by atoms with Gasteiger partial charge in [0, 0.05) is 30.6 Å². The molecule has 1 amide bonds. The number of carbonyl (C=O) groups excluding carboxylic acids is 1. The van der Waals surface area contributed by atoms with Gasteiger partial charge in [0.25, 0.3) is 0 Å². The molecule has 3 N–H and O–H groups in total. The van der Waals surface area contributed by atoms with E-state index >= 15 is 0 Å². The minimum Gasteiger partial charge on any atom is -0.368 e. The van der Waals surface area contributed by atoms with Gasteiger partial charge in [-0.25, -0.2) is 13.8 Å². The maximum atomic E-state index is 14.7. The first kappa shape index (κ1) is 28.0. The van der Waals surface area contributed by atoms with E-state index in [4.69, 9.17) is 4.98 Å². The minimum absolute atomic E-state index is 0.0617. The number of benzene rings is 1. The van der Waals surface area contributed by atoms with Crippen LogP contribution in [0.25, 0.3) is 21.1 Å². The normalized spacial score (nSPS) is 25.6. The van der Waals surface area contributed by atoms with E-state index in [9.17, 15) is 27.9 Å². The third kappa shape index (κ3) is 5.95. The summed E-state index contributed by atoms with van der Waals surface area (Å²) in [7, 11) is -2.50. The number of pyridine rings is 1. The zero-order valence-electron chi connectivity index (χ0n) is 22.3. The number of nitriles is 1. The number of carbonyl (C=O) groups is 1. The summed E-state index contributed by atoms with van der Waals surface area (Å²) in [5.41, 5.74) is 2.19. The SMILES string of the molecule is N#CC1(NC(=O)[C@@H]2C[C@@H](F)CC[C@H]2c2nc(-c3ccc(F)cn3)sc2-c2ccc(N3CCS(O)(O)CC3)cc2)CC1. The second-order valence-electron chi connectivity index (χ2n) is 11.1. The Morgan fingerprint density at radius 1 is 1.15 bits per heavy atom. The predicted octanol–water partition coefficient (Wildman–Crippen LogP) is 5.98. The molecule has 3 atom stereocenters. The van der Waals surface area contributed by atoms with Crippen molar-refractivity contribution in [2.45, 2.75) is 49.7 Å². The van der Waals surface area contributed by atoms with Gasteiger partial charge in [-0.1, -0.05) is 12.1 Å². The Bertz CT molecular complexity index is 1460.